The van der Waals surface area contributed by atoms with Gasteiger partial charge in [-0.25, -0.2) is 0 Å². The summed E-state index contributed by atoms with van der Waals surface area (Å²) in [4.78, 5) is 26.8. The largest absolute Gasteiger partial charge is 0.490 e. The summed E-state index contributed by atoms with van der Waals surface area (Å²) in [7, 11) is 1.98. The number of carbonyl (C=O) groups is 2. The lowest BCUT2D eigenvalue weighted by atomic mass is 9.98. The van der Waals surface area contributed by atoms with Gasteiger partial charge in [-0.15, -0.1) is 0 Å². The second kappa shape index (κ2) is 11.0. The summed E-state index contributed by atoms with van der Waals surface area (Å²) in [5.74, 6) is -1.37. The quantitative estimate of drug-likeness (QED) is 0.332. The first kappa shape index (κ1) is 28.3. The Morgan fingerprint density at radius 2 is 1.90 bits per heavy atom. The third-order valence-corrected chi connectivity index (χ3v) is 7.62. The zero-order valence-electron chi connectivity index (χ0n) is 22.9. The maximum absolute atomic E-state index is 13.8. The summed E-state index contributed by atoms with van der Waals surface area (Å²) in [5.41, 5.74) is 1.53. The van der Waals surface area contributed by atoms with Crippen LogP contribution in [0.3, 0.4) is 0 Å². The van der Waals surface area contributed by atoms with E-state index < -0.39 is 35.2 Å². The summed E-state index contributed by atoms with van der Waals surface area (Å²) < 4.78 is 53.5. The Hall–Kier alpha value is -4.21. The van der Waals surface area contributed by atoms with Crippen LogP contribution in [0.5, 0.6) is 11.5 Å². The molecule has 216 valence electrons. The number of aliphatic carboxylic acids is 1. The van der Waals surface area contributed by atoms with E-state index in [2.05, 4.69) is 10.2 Å². The SMILES string of the molecule is CCc1cc(OC[C@@H]2CN(C)c3ccccc3O2)cc(C)c1C(=O)Nc1cc(C2CC2C(=O)O)ccc1C(F)(F)F. The molecule has 0 saturated heterocycles. The first-order valence-electron chi connectivity index (χ1n) is 13.4. The van der Waals surface area contributed by atoms with Gasteiger partial charge in [-0.2, -0.15) is 13.2 Å². The van der Waals surface area contributed by atoms with E-state index in [9.17, 15) is 27.9 Å². The number of ether oxygens (including phenoxy) is 2. The fraction of sp³-hybridized carbons (Fsp3) is 0.355. The van der Waals surface area contributed by atoms with E-state index in [1.165, 1.54) is 12.1 Å². The first-order valence-corrected chi connectivity index (χ1v) is 13.4. The lowest BCUT2D eigenvalue weighted by Crippen LogP contribution is -2.41. The predicted octanol–water partition coefficient (Wildman–Crippen LogP) is 6.29. The maximum atomic E-state index is 13.8. The number of halogens is 3. The van der Waals surface area contributed by atoms with Crippen LogP contribution in [-0.4, -0.2) is 43.3 Å². The molecular formula is C31H31F3N2O5. The van der Waals surface area contributed by atoms with Crippen molar-refractivity contribution in [1.29, 1.82) is 0 Å². The zero-order valence-corrected chi connectivity index (χ0v) is 22.9. The van der Waals surface area contributed by atoms with Gasteiger partial charge in [0.1, 0.15) is 24.2 Å². The number of carbonyl (C=O) groups excluding carboxylic acids is 1. The fourth-order valence-electron chi connectivity index (χ4n) is 5.44. The number of hydrogen-bond acceptors (Lipinski definition) is 5. The maximum Gasteiger partial charge on any atom is 0.418 e. The minimum absolute atomic E-state index is 0.219. The molecule has 2 aliphatic rings. The van der Waals surface area contributed by atoms with E-state index in [1.807, 2.05) is 38.2 Å². The monoisotopic (exact) mass is 568 g/mol. The number of carboxylic acids is 1. The van der Waals surface area contributed by atoms with Crippen molar-refractivity contribution in [2.24, 2.45) is 5.92 Å². The number of anilines is 2. The highest BCUT2D eigenvalue weighted by Crippen LogP contribution is 2.49. The average molecular weight is 569 g/mol. The highest BCUT2D eigenvalue weighted by atomic mass is 19.4. The Morgan fingerprint density at radius 3 is 2.59 bits per heavy atom. The summed E-state index contributed by atoms with van der Waals surface area (Å²) >= 11 is 0. The van der Waals surface area contributed by atoms with Crippen molar-refractivity contribution in [2.75, 3.05) is 30.4 Å². The molecule has 0 spiro atoms. The standard InChI is InChI=1S/C31H31F3N2O5/c1-4-18-12-20(40-16-21-15-36(3)26-7-5-6-8-27(26)41-21)11-17(2)28(18)29(37)35-25-13-19(22-14-23(22)30(38)39)9-10-24(25)31(32,33)34/h5-13,21-23H,4,14-16H2,1-3H3,(H,35,37)(H,38,39)/t21-,22?,23?/m0/s1. The Balaban J connectivity index is 1.34. The van der Waals surface area contributed by atoms with Gasteiger partial charge >= 0.3 is 12.1 Å². The normalized spacial score (nSPS) is 19.7. The molecule has 3 aromatic rings. The molecule has 1 aliphatic heterocycles. The highest BCUT2D eigenvalue weighted by molar-refractivity contribution is 6.07. The zero-order chi connectivity index (χ0) is 29.5. The number of alkyl halides is 3. The first-order chi connectivity index (χ1) is 19.5. The molecule has 0 radical (unpaired) electrons. The van der Waals surface area contributed by atoms with Gasteiger partial charge in [0.2, 0.25) is 0 Å². The molecule has 1 heterocycles. The van der Waals surface area contributed by atoms with Crippen molar-refractivity contribution in [3.8, 4) is 11.5 Å². The number of hydrogen-bond donors (Lipinski definition) is 2. The topological polar surface area (TPSA) is 88.1 Å². The van der Waals surface area contributed by atoms with Gasteiger partial charge in [0.15, 0.2) is 0 Å². The molecule has 7 nitrogen and oxygen atoms in total. The van der Waals surface area contributed by atoms with Crippen molar-refractivity contribution in [3.63, 3.8) is 0 Å². The fourth-order valence-corrected chi connectivity index (χ4v) is 5.44. The molecule has 10 heteroatoms. The van der Waals surface area contributed by atoms with E-state index in [0.29, 0.717) is 41.8 Å². The van der Waals surface area contributed by atoms with E-state index in [1.54, 1.807) is 19.1 Å². The van der Waals surface area contributed by atoms with Crippen molar-refractivity contribution in [2.45, 2.75) is 44.9 Å². The third kappa shape index (κ3) is 5.96. The number of nitrogens with zero attached hydrogens (tertiary/aromatic N) is 1. The van der Waals surface area contributed by atoms with E-state index >= 15 is 0 Å². The average Bonchev–Trinajstić information content (AvgIpc) is 3.72. The molecule has 3 aromatic carbocycles. The second-order valence-electron chi connectivity index (χ2n) is 10.6. The number of benzene rings is 3. The van der Waals surface area contributed by atoms with Gasteiger partial charge in [0.25, 0.3) is 5.91 Å². The van der Waals surface area contributed by atoms with Crippen LogP contribution in [-0.2, 0) is 17.4 Å². The number of aryl methyl sites for hydroxylation is 2. The molecule has 41 heavy (non-hydrogen) atoms. The molecule has 1 aliphatic carbocycles. The third-order valence-electron chi connectivity index (χ3n) is 7.62. The van der Waals surface area contributed by atoms with Gasteiger partial charge in [-0.1, -0.05) is 25.1 Å². The Morgan fingerprint density at radius 1 is 1.15 bits per heavy atom. The number of carboxylic acid groups (broad SMARTS) is 1. The lowest BCUT2D eigenvalue weighted by Gasteiger charge is -2.33. The summed E-state index contributed by atoms with van der Waals surface area (Å²) in [6.45, 7) is 4.47. The molecule has 0 aromatic heterocycles. The van der Waals surface area contributed by atoms with Crippen LogP contribution in [0.2, 0.25) is 0 Å². The van der Waals surface area contributed by atoms with Crippen LogP contribution in [0, 0.1) is 12.8 Å². The van der Waals surface area contributed by atoms with Gasteiger partial charge in [-0.3, -0.25) is 9.59 Å². The summed E-state index contributed by atoms with van der Waals surface area (Å²) in [5, 5.41) is 11.7. The van der Waals surface area contributed by atoms with Crippen molar-refractivity contribution in [1.82, 2.24) is 0 Å². The van der Waals surface area contributed by atoms with Crippen LogP contribution in [0.25, 0.3) is 0 Å². The van der Waals surface area contributed by atoms with Gasteiger partial charge in [0.05, 0.1) is 29.4 Å². The predicted molar refractivity (Wildman–Crippen MR) is 148 cm³/mol. The van der Waals surface area contributed by atoms with Crippen LogP contribution < -0.4 is 19.7 Å². The summed E-state index contributed by atoms with van der Waals surface area (Å²) in [6, 6.07) is 14.6. The Bertz CT molecular complexity index is 1490. The lowest BCUT2D eigenvalue weighted by molar-refractivity contribution is -0.139. The molecule has 3 atom stereocenters. The molecule has 1 saturated carbocycles. The minimum atomic E-state index is -4.70. The molecule has 5 rings (SSSR count). The summed E-state index contributed by atoms with van der Waals surface area (Å²) in [6.07, 6.45) is -4.12. The number of para-hydroxylation sites is 2. The van der Waals surface area contributed by atoms with E-state index in [4.69, 9.17) is 9.47 Å². The van der Waals surface area contributed by atoms with E-state index in [-0.39, 0.29) is 24.2 Å². The Kier molecular flexibility index (Phi) is 7.59. The van der Waals surface area contributed by atoms with Crippen molar-refractivity contribution >= 4 is 23.3 Å². The molecule has 0 bridgehead atoms. The molecule has 2 unspecified atom stereocenters. The van der Waals surface area contributed by atoms with Crippen LogP contribution in [0.4, 0.5) is 24.5 Å². The van der Waals surface area contributed by atoms with Crippen molar-refractivity contribution in [3.05, 3.63) is 82.4 Å². The minimum Gasteiger partial charge on any atom is -0.490 e. The number of amides is 1. The van der Waals surface area contributed by atoms with E-state index in [0.717, 1.165) is 17.5 Å². The Labute approximate surface area is 235 Å². The van der Waals surface area contributed by atoms with Crippen LogP contribution in [0.15, 0.2) is 54.6 Å². The second-order valence-corrected chi connectivity index (χ2v) is 10.6. The molecular weight excluding hydrogens is 537 g/mol. The van der Waals surface area contributed by atoms with Gasteiger partial charge in [0, 0.05) is 12.6 Å². The van der Waals surface area contributed by atoms with Gasteiger partial charge < -0.3 is 24.8 Å². The molecule has 1 amide bonds. The van der Waals surface area contributed by atoms with Crippen LogP contribution >= 0.6 is 0 Å². The molecule has 2 N–H and O–H groups in total. The van der Waals surface area contributed by atoms with Crippen molar-refractivity contribution < 1.29 is 37.3 Å². The van der Waals surface area contributed by atoms with Gasteiger partial charge in [-0.05, 0) is 78.8 Å². The molecule has 1 fully saturated rings. The van der Waals surface area contributed by atoms with Crippen LogP contribution in [0.1, 0.15) is 51.9 Å². The number of nitrogens with one attached hydrogen (secondary N) is 1. The highest BCUT2D eigenvalue weighted by Gasteiger charge is 2.45. The number of fused-ring (bicyclic) bond motifs is 1. The number of rotatable bonds is 8. The number of likely N-dealkylation sites (N-methyl/N-ethyl adjacent to an activating group) is 1. The smallest absolute Gasteiger partial charge is 0.418 e.